The van der Waals surface area contributed by atoms with Crippen molar-refractivity contribution < 1.29 is 19.1 Å². The molecule has 1 aromatic heterocycles. The lowest BCUT2D eigenvalue weighted by Gasteiger charge is -2.36. The third kappa shape index (κ3) is 7.77. The van der Waals surface area contributed by atoms with Crippen LogP contribution in [0.4, 0.5) is 4.79 Å². The molecule has 1 aliphatic rings. The van der Waals surface area contributed by atoms with Gasteiger partial charge in [0, 0.05) is 24.9 Å². The summed E-state index contributed by atoms with van der Waals surface area (Å²) in [6.07, 6.45) is 6.53. The second-order valence-electron chi connectivity index (χ2n) is 8.51. The van der Waals surface area contributed by atoms with Crippen LogP contribution in [0.1, 0.15) is 58.8 Å². The van der Waals surface area contributed by atoms with Gasteiger partial charge in [0.25, 0.3) is 0 Å². The van der Waals surface area contributed by atoms with Crippen LogP contribution in [0.25, 0.3) is 10.9 Å². The van der Waals surface area contributed by atoms with Crippen LogP contribution in [0.3, 0.4) is 0 Å². The maximum absolute atomic E-state index is 13.0. The summed E-state index contributed by atoms with van der Waals surface area (Å²) in [5, 5.41) is 4.46. The zero-order valence-electron chi connectivity index (χ0n) is 19.5. The topological polar surface area (TPSA) is 80.8 Å². The van der Waals surface area contributed by atoms with E-state index in [1.54, 1.807) is 6.07 Å². The summed E-state index contributed by atoms with van der Waals surface area (Å²) in [6, 6.07) is 9.45. The Labute approximate surface area is 200 Å². The van der Waals surface area contributed by atoms with Crippen molar-refractivity contribution in [3.63, 3.8) is 0 Å². The summed E-state index contributed by atoms with van der Waals surface area (Å²) >= 11 is 5.93. The Morgan fingerprint density at radius 2 is 2.00 bits per heavy atom. The highest BCUT2D eigenvalue weighted by atomic mass is 35.5. The molecule has 1 saturated carbocycles. The van der Waals surface area contributed by atoms with Crippen LogP contribution in [0.2, 0.25) is 5.15 Å². The van der Waals surface area contributed by atoms with Crippen molar-refractivity contribution >= 4 is 34.5 Å². The molecule has 180 valence electrons. The smallest absolute Gasteiger partial charge is 0.317 e. The molecule has 8 heteroatoms. The molecule has 0 saturated heterocycles. The number of urea groups is 1. The summed E-state index contributed by atoms with van der Waals surface area (Å²) in [6.45, 7) is 4.81. The number of amides is 2. The number of esters is 1. The standard InChI is InChI=1S/C25H34ClN3O4/c1-3-21(33-18(2)30)17-29(20-8-5-4-6-9-20)25(31)27-14-7-15-32-22-11-12-23-19(16-22)10-13-24(26)28-23/h10-13,16,20-21H,3-9,14-15,17H2,1-2H3,(H,27,31). The van der Waals surface area contributed by atoms with Crippen LogP contribution in [0.5, 0.6) is 5.75 Å². The molecule has 0 spiro atoms. The Kier molecular flexibility index (Phi) is 9.61. The number of carbonyl (C=O) groups excluding carboxylic acids is 2. The number of rotatable bonds is 10. The van der Waals surface area contributed by atoms with Crippen molar-refractivity contribution in [2.24, 2.45) is 0 Å². The van der Waals surface area contributed by atoms with Gasteiger partial charge in [0.1, 0.15) is 17.0 Å². The second kappa shape index (κ2) is 12.6. The molecule has 33 heavy (non-hydrogen) atoms. The zero-order chi connectivity index (χ0) is 23.6. The number of benzene rings is 1. The normalized spacial score (nSPS) is 15.1. The first-order valence-corrected chi connectivity index (χ1v) is 12.2. The Morgan fingerprint density at radius 3 is 2.73 bits per heavy atom. The van der Waals surface area contributed by atoms with Gasteiger partial charge in [0.15, 0.2) is 0 Å². The number of halogens is 1. The molecule has 2 amide bonds. The van der Waals surface area contributed by atoms with E-state index >= 15 is 0 Å². The van der Waals surface area contributed by atoms with Crippen LogP contribution in [-0.2, 0) is 9.53 Å². The number of carbonyl (C=O) groups is 2. The lowest BCUT2D eigenvalue weighted by atomic mass is 9.94. The summed E-state index contributed by atoms with van der Waals surface area (Å²) in [4.78, 5) is 30.6. The average Bonchev–Trinajstić information content (AvgIpc) is 2.81. The predicted molar refractivity (Wildman–Crippen MR) is 130 cm³/mol. The van der Waals surface area contributed by atoms with E-state index in [4.69, 9.17) is 21.1 Å². The van der Waals surface area contributed by atoms with Gasteiger partial charge in [-0.1, -0.05) is 37.8 Å². The van der Waals surface area contributed by atoms with Gasteiger partial charge in [-0.15, -0.1) is 0 Å². The van der Waals surface area contributed by atoms with Crippen LogP contribution in [-0.4, -0.2) is 53.7 Å². The molecule has 1 unspecified atom stereocenters. The lowest BCUT2D eigenvalue weighted by molar-refractivity contribution is -0.147. The molecule has 7 nitrogen and oxygen atoms in total. The van der Waals surface area contributed by atoms with Gasteiger partial charge in [-0.05, 0) is 56.0 Å². The number of fused-ring (bicyclic) bond motifs is 1. The number of hydrogen-bond acceptors (Lipinski definition) is 5. The van der Waals surface area contributed by atoms with Crippen LogP contribution < -0.4 is 10.1 Å². The predicted octanol–water partition coefficient (Wildman–Crippen LogP) is 5.34. The molecule has 2 aromatic rings. The Bertz CT molecular complexity index is 933. The van der Waals surface area contributed by atoms with E-state index in [1.165, 1.54) is 13.3 Å². The largest absolute Gasteiger partial charge is 0.494 e. The van der Waals surface area contributed by atoms with Gasteiger partial charge in [-0.25, -0.2) is 9.78 Å². The molecular formula is C25H34ClN3O4. The Morgan fingerprint density at radius 1 is 1.21 bits per heavy atom. The Hall–Kier alpha value is -2.54. The Balaban J connectivity index is 1.48. The van der Waals surface area contributed by atoms with E-state index in [1.807, 2.05) is 36.1 Å². The van der Waals surface area contributed by atoms with Crippen LogP contribution in [0.15, 0.2) is 30.3 Å². The molecule has 3 rings (SSSR count). The first-order chi connectivity index (χ1) is 16.0. The quantitative estimate of drug-likeness (QED) is 0.285. The van der Waals surface area contributed by atoms with Crippen molar-refractivity contribution in [1.29, 1.82) is 0 Å². The van der Waals surface area contributed by atoms with Gasteiger partial charge in [0.05, 0.1) is 18.7 Å². The first-order valence-electron chi connectivity index (χ1n) is 11.9. The minimum absolute atomic E-state index is 0.0961. The first kappa shape index (κ1) is 25.1. The minimum atomic E-state index is -0.310. The van der Waals surface area contributed by atoms with E-state index in [0.29, 0.717) is 37.7 Å². The third-order valence-corrected chi connectivity index (χ3v) is 6.17. The minimum Gasteiger partial charge on any atom is -0.494 e. The van der Waals surface area contributed by atoms with E-state index in [-0.39, 0.29) is 24.1 Å². The lowest BCUT2D eigenvalue weighted by Crippen LogP contribution is -2.50. The summed E-state index contributed by atoms with van der Waals surface area (Å²) in [5.41, 5.74) is 0.823. The molecule has 0 radical (unpaired) electrons. The molecule has 0 aliphatic heterocycles. The number of nitrogens with one attached hydrogen (secondary N) is 1. The molecule has 0 bridgehead atoms. The number of aromatic nitrogens is 1. The molecule has 1 aliphatic carbocycles. The van der Waals surface area contributed by atoms with Crippen molar-refractivity contribution in [3.8, 4) is 5.75 Å². The van der Waals surface area contributed by atoms with Crippen molar-refractivity contribution in [2.75, 3.05) is 19.7 Å². The van der Waals surface area contributed by atoms with Gasteiger partial charge in [0.2, 0.25) is 0 Å². The maximum Gasteiger partial charge on any atom is 0.317 e. The zero-order valence-corrected chi connectivity index (χ0v) is 20.3. The second-order valence-corrected chi connectivity index (χ2v) is 8.89. The summed E-state index contributed by atoms with van der Waals surface area (Å²) in [5.74, 6) is 0.449. The molecule has 1 atom stereocenters. The highest BCUT2D eigenvalue weighted by Gasteiger charge is 2.28. The fourth-order valence-electron chi connectivity index (χ4n) is 4.22. The highest BCUT2D eigenvalue weighted by molar-refractivity contribution is 6.29. The highest BCUT2D eigenvalue weighted by Crippen LogP contribution is 2.24. The van der Waals surface area contributed by atoms with Crippen molar-refractivity contribution in [1.82, 2.24) is 15.2 Å². The van der Waals surface area contributed by atoms with E-state index in [2.05, 4.69) is 10.3 Å². The van der Waals surface area contributed by atoms with Gasteiger partial charge in [-0.2, -0.15) is 0 Å². The molecular weight excluding hydrogens is 442 g/mol. The summed E-state index contributed by atoms with van der Waals surface area (Å²) < 4.78 is 11.3. The monoisotopic (exact) mass is 475 g/mol. The molecule has 1 aromatic carbocycles. The van der Waals surface area contributed by atoms with Gasteiger partial charge < -0.3 is 19.7 Å². The average molecular weight is 476 g/mol. The molecule has 1 N–H and O–H groups in total. The fraction of sp³-hybridized carbons (Fsp3) is 0.560. The summed E-state index contributed by atoms with van der Waals surface area (Å²) in [7, 11) is 0. The number of ether oxygens (including phenoxy) is 2. The van der Waals surface area contributed by atoms with Crippen LogP contribution >= 0.6 is 11.6 Å². The number of pyridine rings is 1. The van der Waals surface area contributed by atoms with E-state index in [9.17, 15) is 9.59 Å². The number of hydrogen-bond donors (Lipinski definition) is 1. The van der Waals surface area contributed by atoms with Gasteiger partial charge >= 0.3 is 12.0 Å². The van der Waals surface area contributed by atoms with Crippen LogP contribution in [0, 0.1) is 0 Å². The SMILES string of the molecule is CCC(CN(C(=O)NCCCOc1ccc2nc(Cl)ccc2c1)C1CCCCC1)OC(C)=O. The fourth-order valence-corrected chi connectivity index (χ4v) is 4.38. The number of nitrogens with zero attached hydrogens (tertiary/aromatic N) is 2. The van der Waals surface area contributed by atoms with E-state index in [0.717, 1.165) is 42.3 Å². The van der Waals surface area contributed by atoms with E-state index < -0.39 is 0 Å². The molecule has 1 heterocycles. The van der Waals surface area contributed by atoms with Gasteiger partial charge in [-0.3, -0.25) is 4.79 Å². The molecule has 1 fully saturated rings. The maximum atomic E-state index is 13.0. The van der Waals surface area contributed by atoms with Crippen molar-refractivity contribution in [3.05, 3.63) is 35.5 Å². The third-order valence-electron chi connectivity index (χ3n) is 5.96. The van der Waals surface area contributed by atoms with Crippen molar-refractivity contribution in [2.45, 2.75) is 70.9 Å².